The second-order valence-corrected chi connectivity index (χ2v) is 16.0. The van der Waals surface area contributed by atoms with Gasteiger partial charge in [0, 0.05) is 37.4 Å². The van der Waals surface area contributed by atoms with Gasteiger partial charge in [0.05, 0.1) is 23.8 Å². The molecule has 0 spiro atoms. The first-order valence-corrected chi connectivity index (χ1v) is 15.9. The minimum atomic E-state index is -1.15. The second kappa shape index (κ2) is 10.6. The van der Waals surface area contributed by atoms with E-state index in [0.717, 1.165) is 22.8 Å². The largest absolute Gasteiger partial charge is 0.379 e. The number of rotatable bonds is 9. The molecule has 3 aromatic rings. The molecule has 0 amide bonds. The number of benzene rings is 1. The Bertz CT molecular complexity index is 1130. The van der Waals surface area contributed by atoms with Crippen LogP contribution in [0.3, 0.4) is 0 Å². The summed E-state index contributed by atoms with van der Waals surface area (Å²) in [7, 11) is -1.15. The molecule has 1 N–H and O–H groups in total. The predicted octanol–water partition coefficient (Wildman–Crippen LogP) is 5.76. The zero-order chi connectivity index (χ0) is 23.3. The fourth-order valence-corrected chi connectivity index (χ4v) is 5.09. The van der Waals surface area contributed by atoms with Crippen LogP contribution in [0.5, 0.6) is 0 Å². The van der Waals surface area contributed by atoms with Crippen LogP contribution in [0, 0.1) is 0 Å². The molecule has 2 heterocycles. The lowest BCUT2D eigenvalue weighted by molar-refractivity contribution is 0.0754. The molecule has 2 aromatic heterocycles. The molecule has 0 aliphatic heterocycles. The van der Waals surface area contributed by atoms with E-state index in [1.807, 2.05) is 18.2 Å². The number of anilines is 1. The summed E-state index contributed by atoms with van der Waals surface area (Å²) in [5.74, 6) is 0.604. The van der Waals surface area contributed by atoms with E-state index in [-0.39, 0.29) is 12.3 Å². The van der Waals surface area contributed by atoms with Crippen LogP contribution in [-0.4, -0.2) is 29.4 Å². The van der Waals surface area contributed by atoms with Gasteiger partial charge < -0.3 is 10.1 Å². The van der Waals surface area contributed by atoms with E-state index in [4.69, 9.17) is 9.72 Å². The maximum absolute atomic E-state index is 12.8. The van der Waals surface area contributed by atoms with E-state index in [0.29, 0.717) is 24.5 Å². The van der Waals surface area contributed by atoms with Crippen molar-refractivity contribution in [3.63, 3.8) is 0 Å². The van der Waals surface area contributed by atoms with Crippen molar-refractivity contribution in [2.45, 2.75) is 77.0 Å². The average molecular weight is 465 g/mol. The number of pyridine rings is 1. The first-order valence-electron chi connectivity index (χ1n) is 12.2. The summed E-state index contributed by atoms with van der Waals surface area (Å²) >= 11 is 0. The Kier molecular flexibility index (Phi) is 7.60. The molecule has 4 rings (SSSR count). The molecule has 0 bridgehead atoms. The summed E-state index contributed by atoms with van der Waals surface area (Å²) in [5.41, 5.74) is 3.11. The molecule has 0 saturated heterocycles. The zero-order valence-corrected chi connectivity index (χ0v) is 21.1. The molecule has 7 heteroatoms. The molecule has 33 heavy (non-hydrogen) atoms. The fraction of sp³-hybridized carbons (Fsp3) is 0.500. The molecule has 1 aliphatic rings. The number of nitrogens with one attached hydrogen (secondary N) is 1. The average Bonchev–Trinajstić information content (AvgIpc) is 2.82. The number of ether oxygens (including phenoxy) is 1. The van der Waals surface area contributed by atoms with E-state index in [1.165, 1.54) is 42.5 Å². The van der Waals surface area contributed by atoms with Gasteiger partial charge in [0.25, 0.3) is 5.56 Å². The van der Waals surface area contributed by atoms with Gasteiger partial charge in [0.15, 0.2) is 0 Å². The Hall–Kier alpha value is -2.51. The van der Waals surface area contributed by atoms with Crippen LogP contribution in [-0.2, 0) is 18.0 Å². The van der Waals surface area contributed by atoms with Crippen LogP contribution in [0.2, 0.25) is 25.7 Å². The van der Waals surface area contributed by atoms with Crippen LogP contribution >= 0.6 is 0 Å². The van der Waals surface area contributed by atoms with Gasteiger partial charge in [-0.3, -0.25) is 9.78 Å². The van der Waals surface area contributed by atoms with Gasteiger partial charge in [0.1, 0.15) is 6.73 Å². The molecule has 1 fully saturated rings. The number of hydrogen-bond donors (Lipinski definition) is 1. The molecule has 1 aromatic carbocycles. The van der Waals surface area contributed by atoms with Crippen LogP contribution in [0.15, 0.2) is 47.4 Å². The van der Waals surface area contributed by atoms with E-state index >= 15 is 0 Å². The van der Waals surface area contributed by atoms with Gasteiger partial charge in [-0.2, -0.15) is 5.10 Å². The van der Waals surface area contributed by atoms with Crippen LogP contribution in [0.1, 0.15) is 49.4 Å². The van der Waals surface area contributed by atoms with Crippen molar-refractivity contribution in [2.75, 3.05) is 11.9 Å². The number of fused-ring (bicyclic) bond motifs is 1. The SMILES string of the molecule is C[Si](C)(C)CCOCn1ncc2cc(NCc3cccc(C4CCCCC4)n3)ccc2c1=O. The highest BCUT2D eigenvalue weighted by atomic mass is 28.3. The smallest absolute Gasteiger partial charge is 0.276 e. The van der Waals surface area contributed by atoms with Gasteiger partial charge in [-0.1, -0.05) is 45.0 Å². The number of hydrogen-bond acceptors (Lipinski definition) is 5. The summed E-state index contributed by atoms with van der Waals surface area (Å²) < 4.78 is 7.11. The lowest BCUT2D eigenvalue weighted by Gasteiger charge is -2.21. The highest BCUT2D eigenvalue weighted by molar-refractivity contribution is 6.76. The quantitative estimate of drug-likeness (QED) is 0.322. The van der Waals surface area contributed by atoms with Crippen molar-refractivity contribution in [1.82, 2.24) is 14.8 Å². The van der Waals surface area contributed by atoms with Gasteiger partial charge in [-0.15, -0.1) is 0 Å². The lowest BCUT2D eigenvalue weighted by atomic mass is 9.86. The molecule has 1 saturated carbocycles. The molecular formula is C26H36N4O2Si. The maximum atomic E-state index is 12.8. The van der Waals surface area contributed by atoms with Gasteiger partial charge in [-0.25, -0.2) is 4.68 Å². The van der Waals surface area contributed by atoms with Crippen LogP contribution < -0.4 is 10.9 Å². The maximum Gasteiger partial charge on any atom is 0.276 e. The monoisotopic (exact) mass is 464 g/mol. The third kappa shape index (κ3) is 6.51. The molecule has 0 radical (unpaired) electrons. The Balaban J connectivity index is 1.39. The highest BCUT2D eigenvalue weighted by Crippen LogP contribution is 2.31. The Morgan fingerprint density at radius 2 is 1.94 bits per heavy atom. The Morgan fingerprint density at radius 3 is 2.73 bits per heavy atom. The van der Waals surface area contributed by atoms with Gasteiger partial charge in [-0.05, 0) is 49.2 Å². The molecule has 0 atom stereocenters. The number of nitrogens with zero attached hydrogens (tertiary/aromatic N) is 3. The second-order valence-electron chi connectivity index (χ2n) is 10.3. The minimum Gasteiger partial charge on any atom is -0.379 e. The fourth-order valence-electron chi connectivity index (χ4n) is 4.33. The van der Waals surface area contributed by atoms with Crippen LogP contribution in [0.4, 0.5) is 5.69 Å². The normalized spacial score (nSPS) is 15.1. The standard InChI is InChI=1S/C26H36N4O2Si/c1-33(2,3)15-14-32-19-30-26(31)24-13-12-22(16-21(24)17-28-30)27-18-23-10-7-11-25(29-23)20-8-5-4-6-9-20/h7,10-13,16-17,20,27H,4-6,8-9,14-15,18-19H2,1-3H3. The topological polar surface area (TPSA) is 69.0 Å². The molecule has 176 valence electrons. The van der Waals surface area contributed by atoms with Gasteiger partial charge in [0.2, 0.25) is 0 Å². The summed E-state index contributed by atoms with van der Waals surface area (Å²) in [6.45, 7) is 8.45. The summed E-state index contributed by atoms with van der Waals surface area (Å²) in [6.07, 6.45) is 8.22. The third-order valence-electron chi connectivity index (χ3n) is 6.39. The van der Waals surface area contributed by atoms with Gasteiger partial charge >= 0.3 is 0 Å². The molecule has 6 nitrogen and oxygen atoms in total. The summed E-state index contributed by atoms with van der Waals surface area (Å²) in [4.78, 5) is 17.7. The first-order chi connectivity index (χ1) is 15.9. The van der Waals surface area contributed by atoms with E-state index in [2.05, 4.69) is 48.3 Å². The van der Waals surface area contributed by atoms with Crippen molar-refractivity contribution in [2.24, 2.45) is 0 Å². The Morgan fingerprint density at radius 1 is 1.12 bits per heavy atom. The van der Waals surface area contributed by atoms with Crippen molar-refractivity contribution in [1.29, 1.82) is 0 Å². The third-order valence-corrected chi connectivity index (χ3v) is 8.09. The minimum absolute atomic E-state index is 0.117. The first kappa shape index (κ1) is 23.6. The molecule has 0 unspecified atom stereocenters. The van der Waals surface area contributed by atoms with Crippen molar-refractivity contribution in [3.8, 4) is 0 Å². The Labute approximate surface area is 197 Å². The van der Waals surface area contributed by atoms with E-state index < -0.39 is 8.07 Å². The summed E-state index contributed by atoms with van der Waals surface area (Å²) in [5, 5.41) is 9.25. The van der Waals surface area contributed by atoms with E-state index in [9.17, 15) is 4.79 Å². The van der Waals surface area contributed by atoms with Crippen molar-refractivity contribution in [3.05, 3.63) is 64.3 Å². The lowest BCUT2D eigenvalue weighted by Crippen LogP contribution is -2.26. The van der Waals surface area contributed by atoms with E-state index in [1.54, 1.807) is 6.20 Å². The predicted molar refractivity (Wildman–Crippen MR) is 137 cm³/mol. The molecular weight excluding hydrogens is 428 g/mol. The van der Waals surface area contributed by atoms with Crippen LogP contribution in [0.25, 0.3) is 10.8 Å². The molecule has 1 aliphatic carbocycles. The van der Waals surface area contributed by atoms with Crippen molar-refractivity contribution >= 4 is 24.5 Å². The highest BCUT2D eigenvalue weighted by Gasteiger charge is 2.17. The van der Waals surface area contributed by atoms with Crippen molar-refractivity contribution < 1.29 is 4.74 Å². The summed E-state index contributed by atoms with van der Waals surface area (Å²) in [6, 6.07) is 13.2. The number of aromatic nitrogens is 3. The zero-order valence-electron chi connectivity index (χ0n) is 20.1.